The van der Waals surface area contributed by atoms with Gasteiger partial charge in [0.05, 0.1) is 5.41 Å². The van der Waals surface area contributed by atoms with Gasteiger partial charge in [-0.25, -0.2) is 4.79 Å². The summed E-state index contributed by atoms with van der Waals surface area (Å²) in [5, 5.41) is 85.6. The number of aliphatic hydroxyl groups is 7. The first-order valence-corrected chi connectivity index (χ1v) is 12.5. The lowest BCUT2D eigenvalue weighted by Crippen LogP contribution is -2.80. The van der Waals surface area contributed by atoms with Gasteiger partial charge < -0.3 is 50.2 Å². The highest BCUT2D eigenvalue weighted by molar-refractivity contribution is 5.87. The second kappa shape index (κ2) is 6.02. The number of aromatic nitrogens is 1. The molecule has 0 radical (unpaired) electrons. The lowest BCUT2D eigenvalue weighted by atomic mass is 9.52. The molecule has 6 bridgehead atoms. The molecular formula is C25H35NO10. The molecule has 2 aliphatic heterocycles. The molecule has 8 N–H and O–H groups in total. The van der Waals surface area contributed by atoms with E-state index in [9.17, 15) is 40.5 Å². The van der Waals surface area contributed by atoms with Crippen molar-refractivity contribution in [1.29, 1.82) is 0 Å². The van der Waals surface area contributed by atoms with Crippen molar-refractivity contribution in [3.8, 4) is 0 Å². The van der Waals surface area contributed by atoms with Crippen LogP contribution in [-0.4, -0.2) is 92.4 Å². The Morgan fingerprint density at radius 1 is 1.14 bits per heavy atom. The monoisotopic (exact) mass is 509 g/mol. The summed E-state index contributed by atoms with van der Waals surface area (Å²) in [7, 11) is 0. The molecule has 1 aromatic rings. The number of hydrogen-bond acceptors (Lipinski definition) is 10. The predicted molar refractivity (Wildman–Crippen MR) is 120 cm³/mol. The molecule has 6 fully saturated rings. The number of carbonyl (C=O) groups excluding carboxylic acids is 1. The van der Waals surface area contributed by atoms with Crippen LogP contribution in [0.3, 0.4) is 0 Å². The van der Waals surface area contributed by atoms with Crippen LogP contribution in [0.1, 0.15) is 64.4 Å². The van der Waals surface area contributed by atoms with Crippen molar-refractivity contribution in [2.45, 2.75) is 99.6 Å². The molecule has 2 saturated heterocycles. The number of rotatable bonds is 3. The Balaban J connectivity index is 1.72. The van der Waals surface area contributed by atoms with E-state index in [1.165, 1.54) is 33.0 Å². The summed E-state index contributed by atoms with van der Waals surface area (Å²) in [5.74, 6) is -8.12. The summed E-state index contributed by atoms with van der Waals surface area (Å²) in [6, 6.07) is 2.99. The van der Waals surface area contributed by atoms with Gasteiger partial charge >= 0.3 is 5.97 Å². The van der Waals surface area contributed by atoms with Gasteiger partial charge in [-0.2, -0.15) is 0 Å². The molecule has 11 nitrogen and oxygen atoms in total. The van der Waals surface area contributed by atoms with Crippen molar-refractivity contribution in [2.75, 3.05) is 0 Å². The van der Waals surface area contributed by atoms with E-state index in [-0.39, 0.29) is 18.5 Å². The second-order valence-electron chi connectivity index (χ2n) is 12.6. The predicted octanol–water partition coefficient (Wildman–Crippen LogP) is -0.868. The van der Waals surface area contributed by atoms with Gasteiger partial charge in [-0.05, 0) is 37.8 Å². The average molecular weight is 510 g/mol. The van der Waals surface area contributed by atoms with Crippen molar-refractivity contribution < 1.29 is 50.0 Å². The highest BCUT2D eigenvalue weighted by Gasteiger charge is 3.11. The number of H-pyrrole nitrogens is 1. The molecule has 11 heteroatoms. The summed E-state index contributed by atoms with van der Waals surface area (Å²) in [5.41, 5.74) is -17.0. The number of hydrogen-bond donors (Lipinski definition) is 8. The number of aromatic amines is 1. The van der Waals surface area contributed by atoms with Gasteiger partial charge in [0.2, 0.25) is 5.79 Å². The maximum atomic E-state index is 13.2. The van der Waals surface area contributed by atoms with E-state index in [1.54, 1.807) is 19.9 Å². The molecule has 2 unspecified atom stereocenters. The minimum Gasteiger partial charge on any atom is -0.451 e. The maximum Gasteiger partial charge on any atom is 0.355 e. The molecule has 1 aromatic heterocycles. The quantitative estimate of drug-likeness (QED) is 0.188. The van der Waals surface area contributed by atoms with Gasteiger partial charge in [-0.15, -0.1) is 0 Å². The summed E-state index contributed by atoms with van der Waals surface area (Å²) < 4.78 is 11.9. The Morgan fingerprint density at radius 3 is 2.33 bits per heavy atom. The first-order chi connectivity index (χ1) is 16.4. The van der Waals surface area contributed by atoms with Gasteiger partial charge in [0, 0.05) is 24.0 Å². The van der Waals surface area contributed by atoms with Crippen LogP contribution in [0.15, 0.2) is 18.3 Å². The third kappa shape index (κ3) is 1.72. The zero-order chi connectivity index (χ0) is 26.8. The van der Waals surface area contributed by atoms with Crippen molar-refractivity contribution in [3.05, 3.63) is 24.0 Å². The first-order valence-electron chi connectivity index (χ1n) is 12.5. The van der Waals surface area contributed by atoms with Crippen LogP contribution >= 0.6 is 0 Å². The molecule has 6 aliphatic rings. The van der Waals surface area contributed by atoms with Crippen LogP contribution in [0.4, 0.5) is 0 Å². The van der Waals surface area contributed by atoms with E-state index < -0.39 is 80.7 Å². The van der Waals surface area contributed by atoms with Crippen LogP contribution < -0.4 is 0 Å². The Labute approximate surface area is 207 Å². The number of carbonyl (C=O) groups is 1. The van der Waals surface area contributed by atoms with E-state index in [0.29, 0.717) is 0 Å². The summed E-state index contributed by atoms with van der Waals surface area (Å²) >= 11 is 0. The molecule has 36 heavy (non-hydrogen) atoms. The zero-order valence-corrected chi connectivity index (χ0v) is 20.9. The standard InChI is InChI=1S/C25H35NO10/c1-12(2)21(30)16(35-15(27)14-7-6-10-26-14)22(31)17(4)11-20(29)18(21,5)24(22,34)25(36-20)19(17,28)9-8-13(3)23(25,32)33/h6-7,10,12-13,16,26,28-34H,8-9,11H2,1-5H3/t13?,16-,17+,18-,19+,20-,21-,22-,24-,25?/m1/s1. The van der Waals surface area contributed by atoms with E-state index in [1.807, 2.05) is 0 Å². The molecule has 200 valence electrons. The largest absolute Gasteiger partial charge is 0.451 e. The number of esters is 1. The Morgan fingerprint density at radius 2 is 1.78 bits per heavy atom. The zero-order valence-electron chi connectivity index (χ0n) is 20.9. The molecule has 3 heterocycles. The maximum absolute atomic E-state index is 13.2. The second-order valence-corrected chi connectivity index (χ2v) is 12.6. The van der Waals surface area contributed by atoms with Crippen molar-refractivity contribution in [3.63, 3.8) is 0 Å². The van der Waals surface area contributed by atoms with Gasteiger partial charge in [-0.3, -0.25) is 0 Å². The van der Waals surface area contributed by atoms with Crippen LogP contribution in [0.25, 0.3) is 0 Å². The third-order valence-corrected chi connectivity index (χ3v) is 11.5. The SMILES string of the molecule is CC1CC[C@@]2(O)C3(O[C@]4(O)C[C@]2(C)[C@]2(O)[C@H](OC(=O)c5ccc[nH]5)[C@](O)(C(C)C)[C@]4(C)[C@]32O)C1(O)O. The summed E-state index contributed by atoms with van der Waals surface area (Å²) in [6.07, 6.45) is -0.878. The van der Waals surface area contributed by atoms with Crippen LogP contribution in [-0.2, 0) is 9.47 Å². The fraction of sp³-hybridized carbons (Fsp3) is 0.800. The highest BCUT2D eigenvalue weighted by Crippen LogP contribution is 2.91. The summed E-state index contributed by atoms with van der Waals surface area (Å²) in [4.78, 5) is 15.9. The smallest absolute Gasteiger partial charge is 0.355 e. The Hall–Kier alpha value is -1.57. The lowest BCUT2D eigenvalue weighted by molar-refractivity contribution is -0.440. The van der Waals surface area contributed by atoms with Crippen LogP contribution in [0.2, 0.25) is 0 Å². The number of ether oxygens (including phenoxy) is 2. The van der Waals surface area contributed by atoms with Crippen LogP contribution in [0.5, 0.6) is 0 Å². The highest BCUT2D eigenvalue weighted by atomic mass is 16.7. The normalized spacial score (nSPS) is 57.9. The van der Waals surface area contributed by atoms with Crippen molar-refractivity contribution in [1.82, 2.24) is 4.98 Å². The molecule has 1 spiro atoms. The third-order valence-electron chi connectivity index (χ3n) is 11.5. The molecule has 10 atom stereocenters. The lowest BCUT2D eigenvalue weighted by Gasteiger charge is -2.62. The van der Waals surface area contributed by atoms with Gasteiger partial charge in [-0.1, -0.05) is 27.7 Å². The van der Waals surface area contributed by atoms with E-state index in [0.717, 1.165) is 0 Å². The molecule has 7 rings (SSSR count). The van der Waals surface area contributed by atoms with Gasteiger partial charge in [0.25, 0.3) is 0 Å². The minimum atomic E-state index is -2.94. The molecule has 0 amide bonds. The van der Waals surface area contributed by atoms with E-state index >= 15 is 0 Å². The minimum absolute atomic E-state index is 0.0162. The Kier molecular flexibility index (Phi) is 4.14. The van der Waals surface area contributed by atoms with Gasteiger partial charge in [0.1, 0.15) is 28.1 Å². The molecular weight excluding hydrogens is 474 g/mol. The fourth-order valence-corrected chi connectivity index (χ4v) is 9.59. The van der Waals surface area contributed by atoms with Crippen molar-refractivity contribution >= 4 is 5.97 Å². The van der Waals surface area contributed by atoms with Crippen molar-refractivity contribution in [2.24, 2.45) is 22.7 Å². The van der Waals surface area contributed by atoms with Crippen LogP contribution in [0, 0.1) is 22.7 Å². The topological polar surface area (TPSA) is 193 Å². The molecule has 4 aliphatic carbocycles. The van der Waals surface area contributed by atoms with E-state index in [2.05, 4.69) is 4.98 Å². The van der Waals surface area contributed by atoms with Gasteiger partial charge in [0.15, 0.2) is 17.5 Å². The molecule has 4 saturated carbocycles. The number of nitrogens with one attached hydrogen (secondary N) is 1. The fourth-order valence-electron chi connectivity index (χ4n) is 9.59. The summed E-state index contributed by atoms with van der Waals surface area (Å²) in [6.45, 7) is 7.33. The van der Waals surface area contributed by atoms with E-state index in [4.69, 9.17) is 9.47 Å². The Bertz CT molecular complexity index is 1170. The average Bonchev–Trinajstić information content (AvgIpc) is 3.41. The first kappa shape index (κ1) is 24.7. The molecule has 0 aromatic carbocycles.